The molecular weight excluding hydrogens is 519 g/mol. The molecule has 3 rings (SSSR count). The highest BCUT2D eigenvalue weighted by molar-refractivity contribution is 7.89. The molecule has 200 valence electrons. The van der Waals surface area contributed by atoms with E-state index >= 15 is 0 Å². The van der Waals surface area contributed by atoms with Gasteiger partial charge in [0.2, 0.25) is 20.0 Å². The minimum atomic E-state index is -4.11. The lowest BCUT2D eigenvalue weighted by molar-refractivity contribution is 0.341. The Morgan fingerprint density at radius 3 is 1.73 bits per heavy atom. The number of benzene rings is 3. The van der Waals surface area contributed by atoms with Crippen LogP contribution >= 0.6 is 0 Å². The van der Waals surface area contributed by atoms with Gasteiger partial charge in [0.1, 0.15) is 5.82 Å². The van der Waals surface area contributed by atoms with E-state index in [4.69, 9.17) is 9.47 Å². The number of para-hydroxylation sites is 1. The number of methoxy groups -OCH3 is 2. The first-order valence-electron chi connectivity index (χ1n) is 11.6. The normalized spacial score (nSPS) is 12.2. The van der Waals surface area contributed by atoms with Crippen molar-refractivity contribution in [1.82, 2.24) is 8.61 Å². The fourth-order valence-corrected chi connectivity index (χ4v) is 6.80. The second-order valence-corrected chi connectivity index (χ2v) is 12.0. The van der Waals surface area contributed by atoms with E-state index in [1.165, 1.54) is 71.4 Å². The molecular formula is C26H31FN2O6S2. The van der Waals surface area contributed by atoms with Crippen molar-refractivity contribution >= 4 is 20.0 Å². The van der Waals surface area contributed by atoms with E-state index in [9.17, 15) is 21.2 Å². The molecule has 11 heteroatoms. The third kappa shape index (κ3) is 6.30. The summed E-state index contributed by atoms with van der Waals surface area (Å²) in [6.07, 6.45) is 0. The maximum Gasteiger partial charge on any atom is 0.243 e. The largest absolute Gasteiger partial charge is 0.493 e. The van der Waals surface area contributed by atoms with E-state index in [1.807, 2.05) is 0 Å². The summed E-state index contributed by atoms with van der Waals surface area (Å²) >= 11 is 0. The highest BCUT2D eigenvalue weighted by Crippen LogP contribution is 2.33. The monoisotopic (exact) mass is 550 g/mol. The van der Waals surface area contributed by atoms with Crippen LogP contribution in [0.15, 0.2) is 76.5 Å². The minimum absolute atomic E-state index is 0.00898. The van der Waals surface area contributed by atoms with Crippen LogP contribution in [0.25, 0.3) is 0 Å². The molecule has 0 bridgehead atoms. The number of nitrogens with zero attached hydrogens (tertiary/aromatic N) is 2. The van der Waals surface area contributed by atoms with Gasteiger partial charge in [-0.25, -0.2) is 21.2 Å². The predicted octanol–water partition coefficient (Wildman–Crippen LogP) is 4.26. The molecule has 0 atom stereocenters. The van der Waals surface area contributed by atoms with Crippen LogP contribution in [-0.4, -0.2) is 52.8 Å². The molecule has 0 unspecified atom stereocenters. The van der Waals surface area contributed by atoms with Gasteiger partial charge in [0.25, 0.3) is 0 Å². The van der Waals surface area contributed by atoms with E-state index in [0.717, 1.165) is 0 Å². The molecule has 0 radical (unpaired) electrons. The summed E-state index contributed by atoms with van der Waals surface area (Å²) in [5, 5.41) is 0. The molecule has 3 aromatic carbocycles. The number of hydrogen-bond donors (Lipinski definition) is 0. The van der Waals surface area contributed by atoms with Crippen LogP contribution < -0.4 is 9.47 Å². The zero-order valence-electron chi connectivity index (χ0n) is 21.2. The fraction of sp³-hybridized carbons (Fsp3) is 0.308. The SMILES string of the molecule is CCN(CC)S(=O)(=O)c1ccc(S(=O)(=O)N(Cc2ccc(F)cc2)Cc2cccc(OC)c2OC)cc1. The second-order valence-electron chi connectivity index (χ2n) is 8.11. The number of hydrogen-bond acceptors (Lipinski definition) is 6. The molecule has 8 nitrogen and oxygen atoms in total. The Morgan fingerprint density at radius 2 is 1.24 bits per heavy atom. The van der Waals surface area contributed by atoms with Gasteiger partial charge in [0.15, 0.2) is 11.5 Å². The number of sulfonamides is 2. The van der Waals surface area contributed by atoms with Crippen LogP contribution in [-0.2, 0) is 33.1 Å². The lowest BCUT2D eigenvalue weighted by Gasteiger charge is -2.24. The fourth-order valence-electron chi connectivity index (χ4n) is 3.93. The zero-order chi connectivity index (χ0) is 27.2. The molecule has 0 aliphatic rings. The van der Waals surface area contributed by atoms with E-state index < -0.39 is 25.9 Å². The molecule has 0 spiro atoms. The van der Waals surface area contributed by atoms with Gasteiger partial charge in [-0.3, -0.25) is 0 Å². The molecule has 0 amide bonds. The summed E-state index contributed by atoms with van der Waals surface area (Å²) < 4.78 is 80.1. The molecule has 37 heavy (non-hydrogen) atoms. The first-order chi connectivity index (χ1) is 17.6. The van der Waals surface area contributed by atoms with Crippen molar-refractivity contribution in [3.8, 4) is 11.5 Å². The second kappa shape index (κ2) is 12.0. The van der Waals surface area contributed by atoms with Gasteiger partial charge in [-0.1, -0.05) is 38.1 Å². The first kappa shape index (κ1) is 28.6. The van der Waals surface area contributed by atoms with Gasteiger partial charge in [0.05, 0.1) is 24.0 Å². The van der Waals surface area contributed by atoms with Crippen molar-refractivity contribution in [3.63, 3.8) is 0 Å². The summed E-state index contributed by atoms with van der Waals surface area (Å²) in [5.41, 5.74) is 1.14. The Balaban J connectivity index is 2.04. The summed E-state index contributed by atoms with van der Waals surface area (Å²) in [6, 6.07) is 15.9. The van der Waals surface area contributed by atoms with Gasteiger partial charge in [0, 0.05) is 31.7 Å². The number of halogens is 1. The van der Waals surface area contributed by atoms with Gasteiger partial charge in [-0.2, -0.15) is 8.61 Å². The Morgan fingerprint density at radius 1 is 0.703 bits per heavy atom. The van der Waals surface area contributed by atoms with Crippen molar-refractivity contribution in [1.29, 1.82) is 0 Å². The molecule has 0 saturated heterocycles. The minimum Gasteiger partial charge on any atom is -0.493 e. The molecule has 0 N–H and O–H groups in total. The van der Waals surface area contributed by atoms with E-state index in [1.54, 1.807) is 32.0 Å². The van der Waals surface area contributed by atoms with E-state index in [2.05, 4.69) is 0 Å². The maximum atomic E-state index is 13.8. The van der Waals surface area contributed by atoms with E-state index in [0.29, 0.717) is 35.7 Å². The van der Waals surface area contributed by atoms with Crippen LogP contribution in [0.4, 0.5) is 4.39 Å². The van der Waals surface area contributed by atoms with Crippen LogP contribution in [0.1, 0.15) is 25.0 Å². The Bertz CT molecular complexity index is 1410. The van der Waals surface area contributed by atoms with Crippen LogP contribution in [0, 0.1) is 5.82 Å². The van der Waals surface area contributed by atoms with Crippen molar-refractivity contribution in [2.24, 2.45) is 0 Å². The standard InChI is InChI=1S/C26H31FN2O6S2/c1-5-28(6-2)36(30,31)23-14-16-24(17-15-23)37(32,33)29(18-20-10-12-22(27)13-11-20)19-21-8-7-9-25(34-3)26(21)35-4/h7-17H,5-6,18-19H2,1-4H3. The van der Waals surface area contributed by atoms with Crippen molar-refractivity contribution in [2.45, 2.75) is 36.7 Å². The number of rotatable bonds is 12. The van der Waals surface area contributed by atoms with Gasteiger partial charge in [-0.05, 0) is 48.0 Å². The third-order valence-corrected chi connectivity index (χ3v) is 9.78. The van der Waals surface area contributed by atoms with Crippen molar-refractivity contribution in [3.05, 3.63) is 83.7 Å². The summed E-state index contributed by atoms with van der Waals surface area (Å²) in [7, 11) is -4.90. The predicted molar refractivity (Wildman–Crippen MR) is 139 cm³/mol. The topological polar surface area (TPSA) is 93.2 Å². The average molecular weight is 551 g/mol. The average Bonchev–Trinajstić information content (AvgIpc) is 2.89. The van der Waals surface area contributed by atoms with Gasteiger partial charge < -0.3 is 9.47 Å². The van der Waals surface area contributed by atoms with Crippen molar-refractivity contribution < 1.29 is 30.7 Å². The van der Waals surface area contributed by atoms with E-state index in [-0.39, 0.29) is 22.9 Å². The molecule has 0 aliphatic heterocycles. The van der Waals surface area contributed by atoms with Gasteiger partial charge >= 0.3 is 0 Å². The molecule has 0 fully saturated rings. The first-order valence-corrected chi connectivity index (χ1v) is 14.5. The van der Waals surface area contributed by atoms with Gasteiger partial charge in [-0.15, -0.1) is 0 Å². The molecule has 0 aromatic heterocycles. The quantitative estimate of drug-likeness (QED) is 0.335. The summed E-state index contributed by atoms with van der Waals surface area (Å²) in [4.78, 5) is -0.0651. The highest BCUT2D eigenvalue weighted by Gasteiger charge is 2.28. The van der Waals surface area contributed by atoms with Crippen molar-refractivity contribution in [2.75, 3.05) is 27.3 Å². The van der Waals surface area contributed by atoms with Crippen LogP contribution in [0.5, 0.6) is 11.5 Å². The molecule has 0 saturated carbocycles. The highest BCUT2D eigenvalue weighted by atomic mass is 32.2. The van der Waals surface area contributed by atoms with Crippen LogP contribution in [0.3, 0.4) is 0 Å². The molecule has 0 aliphatic carbocycles. The lowest BCUT2D eigenvalue weighted by Crippen LogP contribution is -2.31. The Hall–Kier alpha value is -2.99. The third-order valence-electron chi connectivity index (χ3n) is 5.91. The number of ether oxygens (including phenoxy) is 2. The Labute approximate surface area is 218 Å². The summed E-state index contributed by atoms with van der Waals surface area (Å²) in [6.45, 7) is 3.95. The maximum absolute atomic E-state index is 13.8. The smallest absolute Gasteiger partial charge is 0.243 e. The zero-order valence-corrected chi connectivity index (χ0v) is 22.9. The Kier molecular flexibility index (Phi) is 9.30. The lowest BCUT2D eigenvalue weighted by atomic mass is 10.1. The summed E-state index contributed by atoms with van der Waals surface area (Å²) in [5.74, 6) is 0.410. The molecule has 0 heterocycles. The van der Waals surface area contributed by atoms with Crippen LogP contribution in [0.2, 0.25) is 0 Å². The molecule has 3 aromatic rings.